The molecule has 1 aliphatic heterocycles. The fraction of sp³-hybridized carbons (Fsp3) is 0.667. The molecule has 0 spiro atoms. The molecule has 0 amide bonds. The van der Waals surface area contributed by atoms with E-state index in [4.69, 9.17) is 19.0 Å². The fourth-order valence-corrected chi connectivity index (χ4v) is 1.97. The Bertz CT molecular complexity index is 422. The van der Waals surface area contributed by atoms with Crippen molar-refractivity contribution in [3.8, 4) is 0 Å². The van der Waals surface area contributed by atoms with Gasteiger partial charge in [-0.25, -0.2) is 4.39 Å². The molecule has 0 saturated carbocycles. The Hall–Kier alpha value is -1.03. The molecule has 1 aromatic heterocycles. The molecule has 0 bridgehead atoms. The lowest BCUT2D eigenvalue weighted by atomic mass is 9.99. The Morgan fingerprint density at radius 3 is 2.45 bits per heavy atom. The van der Waals surface area contributed by atoms with Gasteiger partial charge in [0.05, 0.1) is 25.7 Å². The predicted octanol–water partition coefficient (Wildman–Crippen LogP) is -0.934. The maximum atomic E-state index is 12.6. The molecule has 2 heterocycles. The maximum absolute atomic E-state index is 12.6. The molecule has 1 aromatic rings. The molecule has 1 saturated heterocycles. The smallest absolute Gasteiger partial charge is 0.187 e. The molecule has 20 heavy (non-hydrogen) atoms. The number of hydrogen-bond acceptors (Lipinski definition) is 7. The van der Waals surface area contributed by atoms with Crippen LogP contribution in [0.2, 0.25) is 0 Å². The van der Waals surface area contributed by atoms with Gasteiger partial charge in [-0.15, -0.1) is 0 Å². The number of aliphatic hydroxyl groups excluding tert-OH is 4. The van der Waals surface area contributed by atoms with E-state index >= 15 is 0 Å². The molecule has 8 heteroatoms. The molecule has 0 aromatic carbocycles. The van der Waals surface area contributed by atoms with Crippen molar-refractivity contribution >= 4 is 0 Å². The van der Waals surface area contributed by atoms with Gasteiger partial charge in [-0.3, -0.25) is 0 Å². The lowest BCUT2D eigenvalue weighted by molar-refractivity contribution is -0.304. The van der Waals surface area contributed by atoms with E-state index in [-0.39, 0.29) is 6.61 Å². The van der Waals surface area contributed by atoms with Crippen LogP contribution in [0.25, 0.3) is 0 Å². The molecule has 1 aliphatic rings. The number of aliphatic hydroxyl groups is 4. The quantitative estimate of drug-likeness (QED) is 0.554. The summed E-state index contributed by atoms with van der Waals surface area (Å²) in [5.74, 6) is 0. The largest absolute Gasteiger partial charge is 0.472 e. The van der Waals surface area contributed by atoms with Gasteiger partial charge in [-0.2, -0.15) is 0 Å². The highest BCUT2D eigenvalue weighted by Gasteiger charge is 2.44. The highest BCUT2D eigenvalue weighted by atomic mass is 19.1. The molecule has 5 atom stereocenters. The van der Waals surface area contributed by atoms with Crippen LogP contribution in [0.3, 0.4) is 0 Å². The Morgan fingerprint density at radius 2 is 1.80 bits per heavy atom. The zero-order valence-corrected chi connectivity index (χ0v) is 10.6. The SMILES string of the molecule is OCC1OC(OCc2cocc2CF)C(O)C(O)C1O. The zero-order valence-electron chi connectivity index (χ0n) is 10.6. The summed E-state index contributed by atoms with van der Waals surface area (Å²) in [6.07, 6.45) is -4.16. The summed E-state index contributed by atoms with van der Waals surface area (Å²) in [5, 5.41) is 37.9. The zero-order chi connectivity index (χ0) is 14.7. The molecule has 4 N–H and O–H groups in total. The first-order valence-electron chi connectivity index (χ1n) is 6.10. The third kappa shape index (κ3) is 3.00. The number of halogens is 1. The first-order valence-corrected chi connectivity index (χ1v) is 6.10. The molecule has 0 radical (unpaired) electrons. The lowest BCUT2D eigenvalue weighted by Crippen LogP contribution is -2.59. The highest BCUT2D eigenvalue weighted by molar-refractivity contribution is 5.19. The summed E-state index contributed by atoms with van der Waals surface area (Å²) >= 11 is 0. The topological polar surface area (TPSA) is 113 Å². The highest BCUT2D eigenvalue weighted by Crippen LogP contribution is 2.23. The normalized spacial score (nSPS) is 34.4. The van der Waals surface area contributed by atoms with Crippen molar-refractivity contribution in [1.29, 1.82) is 0 Å². The molecular weight excluding hydrogens is 275 g/mol. The standard InChI is InChI=1S/C12H17FO7/c13-1-6-3-18-4-7(6)5-19-12-11(17)10(16)9(15)8(2-14)20-12/h3-4,8-12,14-17H,1-2,5H2. The van der Waals surface area contributed by atoms with Gasteiger partial charge >= 0.3 is 0 Å². The number of hydrogen-bond donors (Lipinski definition) is 4. The molecule has 114 valence electrons. The third-order valence-electron chi connectivity index (χ3n) is 3.23. The van der Waals surface area contributed by atoms with Crippen LogP contribution in [0.1, 0.15) is 11.1 Å². The van der Waals surface area contributed by atoms with E-state index in [1.807, 2.05) is 0 Å². The second-order valence-corrected chi connectivity index (χ2v) is 4.56. The van der Waals surface area contributed by atoms with Crippen LogP contribution in [0.4, 0.5) is 4.39 Å². The monoisotopic (exact) mass is 292 g/mol. The van der Waals surface area contributed by atoms with Gasteiger partial charge in [0.2, 0.25) is 0 Å². The van der Waals surface area contributed by atoms with Gasteiger partial charge in [0, 0.05) is 11.1 Å². The number of ether oxygens (including phenoxy) is 2. The van der Waals surface area contributed by atoms with E-state index < -0.39 is 44.0 Å². The van der Waals surface area contributed by atoms with Crippen LogP contribution in [0.15, 0.2) is 16.9 Å². The first kappa shape index (κ1) is 15.4. The second-order valence-electron chi connectivity index (χ2n) is 4.56. The van der Waals surface area contributed by atoms with Gasteiger partial charge in [0.15, 0.2) is 6.29 Å². The Kier molecular flexibility index (Phi) is 5.08. The minimum Gasteiger partial charge on any atom is -0.472 e. The maximum Gasteiger partial charge on any atom is 0.187 e. The van der Waals surface area contributed by atoms with E-state index in [0.29, 0.717) is 11.1 Å². The Balaban J connectivity index is 1.98. The van der Waals surface area contributed by atoms with E-state index in [9.17, 15) is 19.7 Å². The van der Waals surface area contributed by atoms with Crippen molar-refractivity contribution in [3.05, 3.63) is 23.7 Å². The number of alkyl halides is 1. The van der Waals surface area contributed by atoms with E-state index in [1.165, 1.54) is 12.5 Å². The minimum atomic E-state index is -1.50. The molecule has 0 aliphatic carbocycles. The summed E-state index contributed by atoms with van der Waals surface area (Å²) < 4.78 is 27.8. The van der Waals surface area contributed by atoms with E-state index in [1.54, 1.807) is 0 Å². The third-order valence-corrected chi connectivity index (χ3v) is 3.23. The summed E-state index contributed by atoms with van der Waals surface area (Å²) in [7, 11) is 0. The van der Waals surface area contributed by atoms with Crippen LogP contribution in [0, 0.1) is 0 Å². The van der Waals surface area contributed by atoms with E-state index in [2.05, 4.69) is 0 Å². The van der Waals surface area contributed by atoms with Crippen molar-refractivity contribution in [2.45, 2.75) is 44.0 Å². The predicted molar refractivity (Wildman–Crippen MR) is 62.1 cm³/mol. The van der Waals surface area contributed by atoms with Crippen molar-refractivity contribution in [1.82, 2.24) is 0 Å². The average molecular weight is 292 g/mol. The molecule has 1 fully saturated rings. The van der Waals surface area contributed by atoms with Crippen molar-refractivity contribution < 1.29 is 38.7 Å². The summed E-state index contributed by atoms with van der Waals surface area (Å²) in [6, 6.07) is 0. The van der Waals surface area contributed by atoms with Crippen LogP contribution >= 0.6 is 0 Å². The lowest BCUT2D eigenvalue weighted by Gasteiger charge is -2.39. The molecular formula is C12H17FO7. The van der Waals surface area contributed by atoms with Gasteiger partial charge in [0.1, 0.15) is 31.1 Å². The summed E-state index contributed by atoms with van der Waals surface area (Å²) in [6.45, 7) is -1.35. The van der Waals surface area contributed by atoms with Crippen molar-refractivity contribution in [2.75, 3.05) is 6.61 Å². The van der Waals surface area contributed by atoms with Crippen LogP contribution in [-0.4, -0.2) is 57.7 Å². The fourth-order valence-electron chi connectivity index (χ4n) is 1.97. The molecule has 2 rings (SSSR count). The summed E-state index contributed by atoms with van der Waals surface area (Å²) in [4.78, 5) is 0. The van der Waals surface area contributed by atoms with Gasteiger partial charge in [-0.05, 0) is 0 Å². The minimum absolute atomic E-state index is 0.0988. The van der Waals surface area contributed by atoms with Crippen LogP contribution in [0.5, 0.6) is 0 Å². The molecule has 5 unspecified atom stereocenters. The van der Waals surface area contributed by atoms with Crippen LogP contribution < -0.4 is 0 Å². The van der Waals surface area contributed by atoms with Crippen molar-refractivity contribution in [3.63, 3.8) is 0 Å². The van der Waals surface area contributed by atoms with E-state index in [0.717, 1.165) is 0 Å². The summed E-state index contributed by atoms with van der Waals surface area (Å²) in [5.41, 5.74) is 0.763. The average Bonchev–Trinajstić information content (AvgIpc) is 2.91. The molecule has 7 nitrogen and oxygen atoms in total. The number of furan rings is 1. The van der Waals surface area contributed by atoms with Crippen molar-refractivity contribution in [2.24, 2.45) is 0 Å². The number of rotatable bonds is 5. The Morgan fingerprint density at radius 1 is 1.10 bits per heavy atom. The van der Waals surface area contributed by atoms with Gasteiger partial charge in [0.25, 0.3) is 0 Å². The Labute approximate surface area is 114 Å². The first-order chi connectivity index (χ1) is 9.58. The van der Waals surface area contributed by atoms with Gasteiger partial charge < -0.3 is 34.3 Å². The van der Waals surface area contributed by atoms with Crippen LogP contribution in [-0.2, 0) is 22.8 Å². The van der Waals surface area contributed by atoms with Gasteiger partial charge in [-0.1, -0.05) is 0 Å². The second kappa shape index (κ2) is 6.61.